The van der Waals surface area contributed by atoms with Crippen molar-refractivity contribution < 1.29 is 19.1 Å². The molecule has 0 heterocycles. The standard InChI is InChI=1S/C11H11FN2O3/c1-17-14-6-5-13-7-8-3-2-4-9(12)10(8)11(15)16/h2-6H,7H2,1H3,(H,15,16)/b13-5?,14-6+. The quantitative estimate of drug-likeness (QED) is 0.627. The number of aromatic carboxylic acids is 1. The summed E-state index contributed by atoms with van der Waals surface area (Å²) in [4.78, 5) is 19.1. The van der Waals surface area contributed by atoms with Crippen molar-refractivity contribution in [2.75, 3.05) is 7.11 Å². The van der Waals surface area contributed by atoms with Gasteiger partial charge in [0.25, 0.3) is 0 Å². The second-order valence-corrected chi connectivity index (χ2v) is 3.01. The van der Waals surface area contributed by atoms with Crippen molar-refractivity contribution in [3.63, 3.8) is 0 Å². The van der Waals surface area contributed by atoms with Crippen LogP contribution in [0.4, 0.5) is 4.39 Å². The number of oxime groups is 1. The molecule has 1 rings (SSSR count). The fourth-order valence-electron chi connectivity index (χ4n) is 1.23. The van der Waals surface area contributed by atoms with Gasteiger partial charge in [-0.25, -0.2) is 9.18 Å². The normalized spacial score (nSPS) is 11.2. The van der Waals surface area contributed by atoms with Gasteiger partial charge in [-0.05, 0) is 11.6 Å². The van der Waals surface area contributed by atoms with Gasteiger partial charge in [0.2, 0.25) is 0 Å². The van der Waals surface area contributed by atoms with Gasteiger partial charge >= 0.3 is 5.97 Å². The summed E-state index contributed by atoms with van der Waals surface area (Å²) in [5.74, 6) is -2.07. The number of carboxylic acids is 1. The first kappa shape index (κ1) is 12.8. The lowest BCUT2D eigenvalue weighted by atomic mass is 10.1. The summed E-state index contributed by atoms with van der Waals surface area (Å²) in [5.41, 5.74) is -0.0482. The molecular weight excluding hydrogens is 227 g/mol. The van der Waals surface area contributed by atoms with Crippen molar-refractivity contribution in [2.45, 2.75) is 6.54 Å². The molecule has 0 aliphatic carbocycles. The van der Waals surface area contributed by atoms with Gasteiger partial charge in [-0.3, -0.25) is 4.99 Å². The van der Waals surface area contributed by atoms with E-state index in [-0.39, 0.29) is 12.1 Å². The van der Waals surface area contributed by atoms with Gasteiger partial charge in [-0.15, -0.1) is 0 Å². The van der Waals surface area contributed by atoms with E-state index in [0.717, 1.165) is 6.07 Å². The van der Waals surface area contributed by atoms with Crippen LogP contribution in [0, 0.1) is 5.82 Å². The van der Waals surface area contributed by atoms with Crippen LogP contribution in [0.5, 0.6) is 0 Å². The van der Waals surface area contributed by atoms with E-state index >= 15 is 0 Å². The smallest absolute Gasteiger partial charge is 0.339 e. The molecule has 90 valence electrons. The zero-order valence-corrected chi connectivity index (χ0v) is 9.13. The predicted molar refractivity (Wildman–Crippen MR) is 61.1 cm³/mol. The molecule has 5 nitrogen and oxygen atoms in total. The molecular formula is C11H11FN2O3. The number of aliphatic imine (C=N–C) groups is 1. The maximum Gasteiger partial charge on any atom is 0.339 e. The van der Waals surface area contributed by atoms with Gasteiger partial charge in [0.1, 0.15) is 18.5 Å². The molecule has 0 amide bonds. The van der Waals surface area contributed by atoms with Crippen LogP contribution in [0.25, 0.3) is 0 Å². The Morgan fingerprint density at radius 2 is 2.29 bits per heavy atom. The Bertz CT molecular complexity index is 458. The van der Waals surface area contributed by atoms with Crippen LogP contribution in [0.3, 0.4) is 0 Å². The number of rotatable bonds is 5. The number of hydrogen-bond donors (Lipinski definition) is 1. The Morgan fingerprint density at radius 3 is 2.94 bits per heavy atom. The SMILES string of the molecule is CO/N=C/C=NCc1cccc(F)c1C(=O)O. The van der Waals surface area contributed by atoms with E-state index in [1.54, 1.807) is 0 Å². The minimum atomic E-state index is -1.31. The van der Waals surface area contributed by atoms with Crippen molar-refractivity contribution in [1.29, 1.82) is 0 Å². The van der Waals surface area contributed by atoms with Crippen LogP contribution in [0.15, 0.2) is 28.3 Å². The van der Waals surface area contributed by atoms with Crippen LogP contribution < -0.4 is 0 Å². The molecule has 0 unspecified atom stereocenters. The van der Waals surface area contributed by atoms with E-state index in [1.807, 2.05) is 0 Å². The van der Waals surface area contributed by atoms with Gasteiger partial charge in [0, 0.05) is 6.21 Å². The monoisotopic (exact) mass is 238 g/mol. The predicted octanol–water partition coefficient (Wildman–Crippen LogP) is 1.73. The summed E-state index contributed by atoms with van der Waals surface area (Å²) in [5, 5.41) is 12.3. The summed E-state index contributed by atoms with van der Waals surface area (Å²) in [7, 11) is 1.39. The van der Waals surface area contributed by atoms with Crippen LogP contribution >= 0.6 is 0 Å². The third kappa shape index (κ3) is 3.67. The number of hydrogen-bond acceptors (Lipinski definition) is 4. The van der Waals surface area contributed by atoms with Crippen LogP contribution in [-0.2, 0) is 11.4 Å². The third-order valence-electron chi connectivity index (χ3n) is 1.91. The summed E-state index contributed by atoms with van der Waals surface area (Å²) >= 11 is 0. The Balaban J connectivity index is 2.84. The largest absolute Gasteiger partial charge is 0.478 e. The topological polar surface area (TPSA) is 71.2 Å². The highest BCUT2D eigenvalue weighted by Gasteiger charge is 2.14. The van der Waals surface area contributed by atoms with E-state index in [4.69, 9.17) is 5.11 Å². The first-order valence-corrected chi connectivity index (χ1v) is 4.72. The van der Waals surface area contributed by atoms with Gasteiger partial charge in [0.15, 0.2) is 0 Å². The molecule has 0 aliphatic heterocycles. The lowest BCUT2D eigenvalue weighted by Gasteiger charge is -2.03. The number of carbonyl (C=O) groups is 1. The van der Waals surface area contributed by atoms with Gasteiger partial charge in [-0.1, -0.05) is 17.3 Å². The molecule has 0 saturated heterocycles. The molecule has 1 aromatic rings. The highest BCUT2D eigenvalue weighted by molar-refractivity contribution is 6.15. The zero-order chi connectivity index (χ0) is 12.7. The van der Waals surface area contributed by atoms with E-state index < -0.39 is 11.8 Å². The average Bonchev–Trinajstić information content (AvgIpc) is 2.28. The van der Waals surface area contributed by atoms with Gasteiger partial charge in [0.05, 0.1) is 12.8 Å². The first-order chi connectivity index (χ1) is 8.16. The van der Waals surface area contributed by atoms with E-state index in [2.05, 4.69) is 15.0 Å². The average molecular weight is 238 g/mol. The molecule has 1 aromatic carbocycles. The minimum Gasteiger partial charge on any atom is -0.478 e. The second-order valence-electron chi connectivity index (χ2n) is 3.01. The molecule has 17 heavy (non-hydrogen) atoms. The van der Waals surface area contributed by atoms with E-state index in [0.29, 0.717) is 5.56 Å². The molecule has 0 atom stereocenters. The Hall–Kier alpha value is -2.24. The highest BCUT2D eigenvalue weighted by atomic mass is 19.1. The molecule has 0 saturated carbocycles. The van der Waals surface area contributed by atoms with Crippen LogP contribution in [-0.4, -0.2) is 30.6 Å². The molecule has 0 bridgehead atoms. The maximum atomic E-state index is 13.3. The Kier molecular flexibility index (Phi) is 4.80. The van der Waals surface area contributed by atoms with Crippen molar-refractivity contribution >= 4 is 18.4 Å². The number of benzene rings is 1. The molecule has 0 aromatic heterocycles. The fourth-order valence-corrected chi connectivity index (χ4v) is 1.23. The van der Waals surface area contributed by atoms with Crippen molar-refractivity contribution in [3.8, 4) is 0 Å². The highest BCUT2D eigenvalue weighted by Crippen LogP contribution is 2.14. The lowest BCUT2D eigenvalue weighted by Crippen LogP contribution is -2.05. The van der Waals surface area contributed by atoms with E-state index in [1.165, 1.54) is 31.7 Å². The summed E-state index contributed by atoms with van der Waals surface area (Å²) in [6.07, 6.45) is 2.65. The number of nitrogens with zero attached hydrogens (tertiary/aromatic N) is 2. The van der Waals surface area contributed by atoms with Gasteiger partial charge < -0.3 is 9.94 Å². The number of halogens is 1. The summed E-state index contributed by atoms with van der Waals surface area (Å²) < 4.78 is 13.3. The number of carboxylic acid groups (broad SMARTS) is 1. The molecule has 6 heteroatoms. The summed E-state index contributed by atoms with van der Waals surface area (Å²) in [6, 6.07) is 4.05. The van der Waals surface area contributed by atoms with Crippen molar-refractivity contribution in [1.82, 2.24) is 0 Å². The van der Waals surface area contributed by atoms with E-state index in [9.17, 15) is 9.18 Å². The van der Waals surface area contributed by atoms with Crippen molar-refractivity contribution in [2.24, 2.45) is 10.1 Å². The first-order valence-electron chi connectivity index (χ1n) is 4.72. The maximum absolute atomic E-state index is 13.3. The summed E-state index contributed by atoms with van der Waals surface area (Å²) in [6.45, 7) is 0.0646. The van der Waals surface area contributed by atoms with Crippen molar-refractivity contribution in [3.05, 3.63) is 35.1 Å². The second kappa shape index (κ2) is 6.37. The van der Waals surface area contributed by atoms with Gasteiger partial charge in [-0.2, -0.15) is 0 Å². The van der Waals surface area contributed by atoms with Crippen LogP contribution in [0.1, 0.15) is 15.9 Å². The Labute approximate surface area is 97.2 Å². The molecule has 1 N–H and O–H groups in total. The van der Waals surface area contributed by atoms with Crippen LogP contribution in [0.2, 0.25) is 0 Å². The third-order valence-corrected chi connectivity index (χ3v) is 1.91. The molecule has 0 spiro atoms. The molecule has 0 radical (unpaired) electrons. The lowest BCUT2D eigenvalue weighted by molar-refractivity contribution is 0.0690. The minimum absolute atomic E-state index is 0.0646. The molecule has 0 fully saturated rings. The zero-order valence-electron chi connectivity index (χ0n) is 9.13. The fraction of sp³-hybridized carbons (Fsp3) is 0.182. The Morgan fingerprint density at radius 1 is 1.53 bits per heavy atom. The molecule has 0 aliphatic rings.